The molecule has 0 aromatic carbocycles. The largest absolute Gasteiger partial charge is 0.367 e. The van der Waals surface area contributed by atoms with Crippen molar-refractivity contribution in [1.82, 2.24) is 4.98 Å². The van der Waals surface area contributed by atoms with Crippen molar-refractivity contribution in [2.45, 2.75) is 43.9 Å². The Balaban J connectivity index is 1.93. The van der Waals surface area contributed by atoms with E-state index in [4.69, 9.17) is 0 Å². The minimum atomic E-state index is 0.603. The number of nitrogens with one attached hydrogen (secondary N) is 1. The molecule has 2 rings (SSSR count). The molecule has 1 saturated carbocycles. The number of halogens is 1. The Bertz CT molecular complexity index is 376. The number of hydrogen-bond donors (Lipinski definition) is 1. The quantitative estimate of drug-likeness (QED) is 0.903. The Morgan fingerprint density at radius 1 is 1.35 bits per heavy atom. The van der Waals surface area contributed by atoms with E-state index in [1.165, 1.54) is 31.2 Å². The molecule has 0 radical (unpaired) electrons. The molecule has 0 amide bonds. The van der Waals surface area contributed by atoms with Crippen LogP contribution in [0.2, 0.25) is 0 Å². The normalized spacial score (nSPS) is 24.6. The molecule has 0 saturated heterocycles. The average Bonchev–Trinajstić information content (AvgIpc) is 2.34. The Morgan fingerprint density at radius 2 is 2.06 bits per heavy atom. The van der Waals surface area contributed by atoms with Crippen LogP contribution in [0, 0.1) is 6.92 Å². The van der Waals surface area contributed by atoms with E-state index >= 15 is 0 Å². The highest BCUT2D eigenvalue weighted by molar-refractivity contribution is 9.10. The van der Waals surface area contributed by atoms with Gasteiger partial charge in [0.05, 0.1) is 0 Å². The molecule has 0 unspecified atom stereocenters. The summed E-state index contributed by atoms with van der Waals surface area (Å²) in [4.78, 5) is 4.45. The molecule has 17 heavy (non-hydrogen) atoms. The molecule has 1 aliphatic rings. The van der Waals surface area contributed by atoms with Gasteiger partial charge in [-0.3, -0.25) is 0 Å². The zero-order chi connectivity index (χ0) is 12.3. The van der Waals surface area contributed by atoms with Crippen LogP contribution >= 0.6 is 27.7 Å². The third kappa shape index (κ3) is 3.62. The average molecular weight is 315 g/mol. The van der Waals surface area contributed by atoms with Gasteiger partial charge in [0, 0.05) is 22.0 Å². The number of aryl methyl sites for hydroxylation is 1. The Kier molecular flexibility index (Phi) is 4.74. The van der Waals surface area contributed by atoms with Crippen LogP contribution in [0.15, 0.2) is 16.7 Å². The SMILES string of the molecule is CSC1CCC(Nc2ncc(Br)cc2C)CC1. The van der Waals surface area contributed by atoms with E-state index in [1.807, 2.05) is 18.0 Å². The molecule has 0 spiro atoms. The molecule has 4 heteroatoms. The highest BCUT2D eigenvalue weighted by Crippen LogP contribution is 2.29. The summed E-state index contributed by atoms with van der Waals surface area (Å²) in [6, 6.07) is 2.72. The lowest BCUT2D eigenvalue weighted by Crippen LogP contribution is -2.27. The van der Waals surface area contributed by atoms with Crippen LogP contribution in [0.25, 0.3) is 0 Å². The maximum absolute atomic E-state index is 4.45. The summed E-state index contributed by atoms with van der Waals surface area (Å²) in [6.07, 6.45) is 9.27. The molecule has 1 aromatic rings. The van der Waals surface area contributed by atoms with Gasteiger partial charge in [0.25, 0.3) is 0 Å². The van der Waals surface area contributed by atoms with Crippen molar-refractivity contribution in [3.8, 4) is 0 Å². The monoisotopic (exact) mass is 314 g/mol. The zero-order valence-corrected chi connectivity index (χ0v) is 12.8. The lowest BCUT2D eigenvalue weighted by atomic mass is 9.95. The van der Waals surface area contributed by atoms with Crippen molar-refractivity contribution in [3.05, 3.63) is 22.3 Å². The van der Waals surface area contributed by atoms with E-state index in [1.54, 1.807) is 0 Å². The fourth-order valence-electron chi connectivity index (χ4n) is 2.33. The zero-order valence-electron chi connectivity index (χ0n) is 10.4. The molecule has 2 nitrogen and oxygen atoms in total. The Labute approximate surface area is 116 Å². The van der Waals surface area contributed by atoms with Crippen molar-refractivity contribution in [3.63, 3.8) is 0 Å². The first kappa shape index (κ1) is 13.2. The van der Waals surface area contributed by atoms with Crippen molar-refractivity contribution in [1.29, 1.82) is 0 Å². The minimum Gasteiger partial charge on any atom is -0.367 e. The summed E-state index contributed by atoms with van der Waals surface area (Å²) < 4.78 is 1.05. The van der Waals surface area contributed by atoms with Crippen LogP contribution in [0.4, 0.5) is 5.82 Å². The van der Waals surface area contributed by atoms with Gasteiger partial charge >= 0.3 is 0 Å². The van der Waals surface area contributed by atoms with Crippen LogP contribution in [-0.2, 0) is 0 Å². The lowest BCUT2D eigenvalue weighted by molar-refractivity contribution is 0.472. The summed E-state index contributed by atoms with van der Waals surface area (Å²) >= 11 is 5.46. The second-order valence-corrected chi connectivity index (χ2v) is 6.73. The highest BCUT2D eigenvalue weighted by Gasteiger charge is 2.20. The van der Waals surface area contributed by atoms with Gasteiger partial charge in [-0.25, -0.2) is 4.98 Å². The van der Waals surface area contributed by atoms with Crippen LogP contribution < -0.4 is 5.32 Å². The summed E-state index contributed by atoms with van der Waals surface area (Å²) in [7, 11) is 0. The summed E-state index contributed by atoms with van der Waals surface area (Å²) in [5, 5.41) is 4.45. The van der Waals surface area contributed by atoms with Gasteiger partial charge in [-0.1, -0.05) is 0 Å². The minimum absolute atomic E-state index is 0.603. The topological polar surface area (TPSA) is 24.9 Å². The first-order chi connectivity index (χ1) is 8.19. The van der Waals surface area contributed by atoms with Crippen LogP contribution in [-0.4, -0.2) is 22.5 Å². The van der Waals surface area contributed by atoms with Gasteiger partial charge in [-0.05, 0) is 66.4 Å². The molecule has 94 valence electrons. The molecule has 1 heterocycles. The fraction of sp³-hybridized carbons (Fsp3) is 0.615. The van der Waals surface area contributed by atoms with Gasteiger partial charge in [0.2, 0.25) is 0 Å². The number of pyridine rings is 1. The predicted molar refractivity (Wildman–Crippen MR) is 79.9 cm³/mol. The van der Waals surface area contributed by atoms with E-state index in [-0.39, 0.29) is 0 Å². The maximum Gasteiger partial charge on any atom is 0.129 e. The van der Waals surface area contributed by atoms with Crippen molar-refractivity contribution < 1.29 is 0 Å². The number of thioether (sulfide) groups is 1. The van der Waals surface area contributed by atoms with Gasteiger partial charge in [-0.2, -0.15) is 11.8 Å². The highest BCUT2D eigenvalue weighted by atomic mass is 79.9. The number of aromatic nitrogens is 1. The molecule has 1 aliphatic carbocycles. The number of hydrogen-bond acceptors (Lipinski definition) is 3. The van der Waals surface area contributed by atoms with Gasteiger partial charge in [-0.15, -0.1) is 0 Å². The van der Waals surface area contributed by atoms with Crippen LogP contribution in [0.1, 0.15) is 31.2 Å². The van der Waals surface area contributed by atoms with E-state index in [2.05, 4.69) is 45.5 Å². The molecule has 0 atom stereocenters. The van der Waals surface area contributed by atoms with Crippen molar-refractivity contribution in [2.75, 3.05) is 11.6 Å². The lowest BCUT2D eigenvalue weighted by Gasteiger charge is -2.28. The molecule has 1 fully saturated rings. The second kappa shape index (κ2) is 6.10. The smallest absolute Gasteiger partial charge is 0.129 e. The molecule has 0 aliphatic heterocycles. The van der Waals surface area contributed by atoms with Crippen molar-refractivity contribution >= 4 is 33.5 Å². The van der Waals surface area contributed by atoms with Gasteiger partial charge < -0.3 is 5.32 Å². The number of nitrogens with zero attached hydrogens (tertiary/aromatic N) is 1. The van der Waals surface area contributed by atoms with Crippen LogP contribution in [0.3, 0.4) is 0 Å². The van der Waals surface area contributed by atoms with E-state index in [0.29, 0.717) is 6.04 Å². The van der Waals surface area contributed by atoms with Gasteiger partial charge in [0.1, 0.15) is 5.82 Å². The van der Waals surface area contributed by atoms with Gasteiger partial charge in [0.15, 0.2) is 0 Å². The number of anilines is 1. The predicted octanol–water partition coefficient (Wildman–Crippen LogP) is 4.24. The molecule has 1 aromatic heterocycles. The third-order valence-electron chi connectivity index (χ3n) is 3.39. The first-order valence-electron chi connectivity index (χ1n) is 6.10. The summed E-state index contributed by atoms with van der Waals surface area (Å²) in [5.41, 5.74) is 1.21. The molecule has 0 bridgehead atoms. The number of rotatable bonds is 3. The summed E-state index contributed by atoms with van der Waals surface area (Å²) in [5.74, 6) is 1.04. The fourth-order valence-corrected chi connectivity index (χ4v) is 3.52. The Hall–Kier alpha value is -0.220. The maximum atomic E-state index is 4.45. The standard InChI is InChI=1S/C13H19BrN2S/c1-9-7-10(14)8-15-13(9)16-11-3-5-12(17-2)6-4-11/h7-8,11-12H,3-6H2,1-2H3,(H,15,16). The second-order valence-electron chi connectivity index (χ2n) is 4.67. The first-order valence-corrected chi connectivity index (χ1v) is 8.18. The van der Waals surface area contributed by atoms with E-state index < -0.39 is 0 Å². The van der Waals surface area contributed by atoms with E-state index in [9.17, 15) is 0 Å². The Morgan fingerprint density at radius 3 is 2.65 bits per heavy atom. The van der Waals surface area contributed by atoms with Crippen molar-refractivity contribution in [2.24, 2.45) is 0 Å². The van der Waals surface area contributed by atoms with Crippen LogP contribution in [0.5, 0.6) is 0 Å². The molecular formula is C13H19BrN2S. The molecular weight excluding hydrogens is 296 g/mol. The molecule has 1 N–H and O–H groups in total. The third-order valence-corrected chi connectivity index (χ3v) is 4.97. The van der Waals surface area contributed by atoms with E-state index in [0.717, 1.165) is 15.5 Å². The summed E-state index contributed by atoms with van der Waals surface area (Å²) in [6.45, 7) is 2.10.